The zero-order valence-corrected chi connectivity index (χ0v) is 7.31. The van der Waals surface area contributed by atoms with Crippen LogP contribution >= 0.6 is 0 Å². The van der Waals surface area contributed by atoms with Crippen LogP contribution in [0.2, 0.25) is 0 Å². The van der Waals surface area contributed by atoms with Gasteiger partial charge in [-0.2, -0.15) is 13.2 Å². The number of hydrogen-bond donors (Lipinski definition) is 1. The summed E-state index contributed by atoms with van der Waals surface area (Å²) in [6.07, 6.45) is -1.05. The Balaban J connectivity index is 2.04. The van der Waals surface area contributed by atoms with Gasteiger partial charge in [0.2, 0.25) is 0 Å². The molecule has 1 unspecified atom stereocenters. The molecule has 1 aliphatic carbocycles. The third kappa shape index (κ3) is 3.95. The Bertz CT molecular complexity index is 156. The maximum atomic E-state index is 11.6. The van der Waals surface area contributed by atoms with E-state index in [1.807, 2.05) is 0 Å². The zero-order valence-electron chi connectivity index (χ0n) is 7.31. The van der Waals surface area contributed by atoms with E-state index in [0.29, 0.717) is 5.92 Å². The van der Waals surface area contributed by atoms with Gasteiger partial charge in [-0.1, -0.05) is 6.42 Å². The lowest BCUT2D eigenvalue weighted by molar-refractivity contribution is -0.175. The normalized spacial score (nSPS) is 21.2. The summed E-state index contributed by atoms with van der Waals surface area (Å²) in [6, 6.07) is -0.226. The highest BCUT2D eigenvalue weighted by atomic mass is 19.4. The Labute approximate surface area is 75.2 Å². The van der Waals surface area contributed by atoms with Crippen molar-refractivity contribution in [2.24, 2.45) is 11.7 Å². The van der Waals surface area contributed by atoms with E-state index in [-0.39, 0.29) is 12.6 Å². The Morgan fingerprint density at radius 2 is 2.00 bits per heavy atom. The highest BCUT2D eigenvalue weighted by molar-refractivity contribution is 4.79. The van der Waals surface area contributed by atoms with Crippen molar-refractivity contribution in [2.45, 2.75) is 31.5 Å². The molecular formula is C8H14F3NO. The van der Waals surface area contributed by atoms with Gasteiger partial charge in [-0.3, -0.25) is 0 Å². The molecule has 0 aromatic heterocycles. The topological polar surface area (TPSA) is 35.2 Å². The molecule has 1 saturated carbocycles. The van der Waals surface area contributed by atoms with Gasteiger partial charge < -0.3 is 10.5 Å². The average molecular weight is 197 g/mol. The van der Waals surface area contributed by atoms with E-state index >= 15 is 0 Å². The van der Waals surface area contributed by atoms with Crippen molar-refractivity contribution in [2.75, 3.05) is 13.2 Å². The van der Waals surface area contributed by atoms with Crippen LogP contribution in [0.15, 0.2) is 0 Å². The Morgan fingerprint density at radius 3 is 2.38 bits per heavy atom. The highest BCUT2D eigenvalue weighted by Crippen LogP contribution is 2.28. The molecule has 78 valence electrons. The predicted molar refractivity (Wildman–Crippen MR) is 42.2 cm³/mol. The molecule has 5 heteroatoms. The molecule has 0 radical (unpaired) electrons. The second-order valence-electron chi connectivity index (χ2n) is 3.49. The third-order valence-corrected chi connectivity index (χ3v) is 2.33. The first-order chi connectivity index (χ1) is 5.99. The van der Waals surface area contributed by atoms with E-state index in [2.05, 4.69) is 4.74 Å². The second kappa shape index (κ2) is 4.28. The molecule has 0 saturated heterocycles. The molecule has 0 aromatic carbocycles. The molecule has 2 N–H and O–H groups in total. The predicted octanol–water partition coefficient (Wildman–Crippen LogP) is 1.69. The summed E-state index contributed by atoms with van der Waals surface area (Å²) in [5, 5.41) is 0. The molecule has 0 aromatic rings. The Hall–Kier alpha value is -0.290. The smallest absolute Gasteiger partial charge is 0.370 e. The van der Waals surface area contributed by atoms with Gasteiger partial charge in [0.1, 0.15) is 6.61 Å². The number of nitrogens with two attached hydrogens (primary N) is 1. The molecular weight excluding hydrogens is 183 g/mol. The van der Waals surface area contributed by atoms with Gasteiger partial charge in [-0.25, -0.2) is 0 Å². The molecule has 0 aliphatic heterocycles. The monoisotopic (exact) mass is 197 g/mol. The quantitative estimate of drug-likeness (QED) is 0.744. The molecule has 1 rings (SSSR count). The second-order valence-corrected chi connectivity index (χ2v) is 3.49. The zero-order chi connectivity index (χ0) is 9.90. The summed E-state index contributed by atoms with van der Waals surface area (Å²) < 4.78 is 39.4. The molecule has 1 atom stereocenters. The van der Waals surface area contributed by atoms with Crippen LogP contribution in [0.3, 0.4) is 0 Å². The van der Waals surface area contributed by atoms with E-state index < -0.39 is 12.8 Å². The van der Waals surface area contributed by atoms with Gasteiger partial charge in [0.05, 0.1) is 6.61 Å². The fourth-order valence-corrected chi connectivity index (χ4v) is 1.31. The van der Waals surface area contributed by atoms with Crippen molar-refractivity contribution in [1.82, 2.24) is 0 Å². The minimum Gasteiger partial charge on any atom is -0.370 e. The third-order valence-electron chi connectivity index (χ3n) is 2.33. The fraction of sp³-hybridized carbons (Fsp3) is 1.00. The highest BCUT2D eigenvalue weighted by Gasteiger charge is 2.29. The lowest BCUT2D eigenvalue weighted by Gasteiger charge is -2.30. The SMILES string of the molecule is NC(COCC(F)(F)F)C1CCC1. The minimum atomic E-state index is -4.24. The van der Waals surface area contributed by atoms with E-state index in [1.165, 1.54) is 0 Å². The lowest BCUT2D eigenvalue weighted by atomic mass is 9.80. The van der Waals surface area contributed by atoms with Gasteiger partial charge in [-0.15, -0.1) is 0 Å². The maximum Gasteiger partial charge on any atom is 0.411 e. The first kappa shape index (κ1) is 10.8. The summed E-state index contributed by atoms with van der Waals surface area (Å²) >= 11 is 0. The number of rotatable bonds is 4. The van der Waals surface area contributed by atoms with Crippen LogP contribution in [0.1, 0.15) is 19.3 Å². The average Bonchev–Trinajstić information content (AvgIpc) is 1.79. The molecule has 1 fully saturated rings. The first-order valence-corrected chi connectivity index (χ1v) is 4.39. The van der Waals surface area contributed by atoms with Crippen LogP contribution in [0.25, 0.3) is 0 Å². The Kier molecular flexibility index (Phi) is 3.55. The van der Waals surface area contributed by atoms with Crippen LogP contribution in [0.5, 0.6) is 0 Å². The minimum absolute atomic E-state index is 0.0180. The molecule has 0 spiro atoms. The van der Waals surface area contributed by atoms with Crippen molar-refractivity contribution < 1.29 is 17.9 Å². The van der Waals surface area contributed by atoms with Crippen molar-refractivity contribution >= 4 is 0 Å². The van der Waals surface area contributed by atoms with E-state index in [4.69, 9.17) is 5.73 Å². The number of halogens is 3. The van der Waals surface area contributed by atoms with Crippen molar-refractivity contribution in [3.8, 4) is 0 Å². The molecule has 0 bridgehead atoms. The van der Waals surface area contributed by atoms with Crippen molar-refractivity contribution in [3.63, 3.8) is 0 Å². The molecule has 1 aliphatic rings. The van der Waals surface area contributed by atoms with Gasteiger partial charge in [0, 0.05) is 6.04 Å². The molecule has 2 nitrogen and oxygen atoms in total. The van der Waals surface area contributed by atoms with Gasteiger partial charge in [-0.05, 0) is 18.8 Å². The van der Waals surface area contributed by atoms with Gasteiger partial charge in [0.25, 0.3) is 0 Å². The van der Waals surface area contributed by atoms with Crippen molar-refractivity contribution in [1.29, 1.82) is 0 Å². The molecule has 0 heterocycles. The van der Waals surface area contributed by atoms with E-state index in [1.54, 1.807) is 0 Å². The maximum absolute atomic E-state index is 11.6. The van der Waals surface area contributed by atoms with Crippen LogP contribution in [0.4, 0.5) is 13.2 Å². The lowest BCUT2D eigenvalue weighted by Crippen LogP contribution is -2.39. The molecule has 0 amide bonds. The first-order valence-electron chi connectivity index (χ1n) is 4.39. The number of ether oxygens (including phenoxy) is 1. The van der Waals surface area contributed by atoms with Crippen LogP contribution in [-0.2, 0) is 4.74 Å². The van der Waals surface area contributed by atoms with Crippen LogP contribution in [0, 0.1) is 5.92 Å². The molecule has 13 heavy (non-hydrogen) atoms. The summed E-state index contributed by atoms with van der Waals surface area (Å²) in [5.74, 6) is 0.369. The standard InChI is InChI=1S/C8H14F3NO/c9-8(10,11)5-13-4-7(12)6-2-1-3-6/h6-7H,1-5,12H2. The summed E-state index contributed by atoms with van der Waals surface area (Å²) in [7, 11) is 0. The summed E-state index contributed by atoms with van der Waals surface area (Å²) in [4.78, 5) is 0. The largest absolute Gasteiger partial charge is 0.411 e. The summed E-state index contributed by atoms with van der Waals surface area (Å²) in [5.41, 5.74) is 5.62. The fourth-order valence-electron chi connectivity index (χ4n) is 1.31. The van der Waals surface area contributed by atoms with Crippen molar-refractivity contribution in [3.05, 3.63) is 0 Å². The van der Waals surface area contributed by atoms with Crippen LogP contribution in [-0.4, -0.2) is 25.4 Å². The van der Waals surface area contributed by atoms with Gasteiger partial charge in [0.15, 0.2) is 0 Å². The summed E-state index contributed by atoms with van der Waals surface area (Å²) in [6.45, 7) is -1.17. The van der Waals surface area contributed by atoms with Gasteiger partial charge >= 0.3 is 6.18 Å². The Morgan fingerprint density at radius 1 is 1.38 bits per heavy atom. The number of hydrogen-bond acceptors (Lipinski definition) is 2. The van der Waals surface area contributed by atoms with Crippen LogP contribution < -0.4 is 5.73 Å². The number of alkyl halides is 3. The van der Waals surface area contributed by atoms with E-state index in [0.717, 1.165) is 19.3 Å². The van der Waals surface area contributed by atoms with E-state index in [9.17, 15) is 13.2 Å².